The molecule has 1 aromatic rings. The fourth-order valence-corrected chi connectivity index (χ4v) is 4.25. The highest BCUT2D eigenvalue weighted by Gasteiger charge is 2.32. The number of methoxy groups -OCH3 is 1. The van der Waals surface area contributed by atoms with Crippen LogP contribution >= 0.6 is 0 Å². The molecule has 0 radical (unpaired) electrons. The summed E-state index contributed by atoms with van der Waals surface area (Å²) in [7, 11) is -2.13. The summed E-state index contributed by atoms with van der Waals surface area (Å²) >= 11 is 0. The fraction of sp³-hybridized carbons (Fsp3) is 0.471. The van der Waals surface area contributed by atoms with E-state index in [9.17, 15) is 13.2 Å². The molecule has 0 aliphatic carbocycles. The van der Waals surface area contributed by atoms with Crippen LogP contribution in [0.1, 0.15) is 25.3 Å². The number of sulfonamides is 1. The quantitative estimate of drug-likeness (QED) is 0.625. The van der Waals surface area contributed by atoms with Crippen molar-refractivity contribution in [2.75, 3.05) is 20.2 Å². The zero-order valence-electron chi connectivity index (χ0n) is 13.8. The summed E-state index contributed by atoms with van der Waals surface area (Å²) in [6, 6.07) is 6.88. The van der Waals surface area contributed by atoms with E-state index in [1.165, 1.54) is 11.4 Å². The van der Waals surface area contributed by atoms with Crippen LogP contribution in [0, 0.1) is 12.8 Å². The number of hydrogen-bond acceptors (Lipinski definition) is 4. The maximum absolute atomic E-state index is 12.8. The first kappa shape index (κ1) is 17.7. The second-order valence-corrected chi connectivity index (χ2v) is 7.72. The van der Waals surface area contributed by atoms with Gasteiger partial charge in [0.15, 0.2) is 0 Å². The van der Waals surface area contributed by atoms with Gasteiger partial charge in [-0.3, -0.25) is 4.79 Å². The fourth-order valence-electron chi connectivity index (χ4n) is 2.81. The lowest BCUT2D eigenvalue weighted by Gasteiger charge is -2.33. The molecular formula is C17H23NO4S. The molecule has 1 aromatic carbocycles. The summed E-state index contributed by atoms with van der Waals surface area (Å²) in [6.45, 7) is 4.54. The Balaban J connectivity index is 2.17. The van der Waals surface area contributed by atoms with Crippen LogP contribution in [0.2, 0.25) is 0 Å². The van der Waals surface area contributed by atoms with Crippen molar-refractivity contribution in [2.24, 2.45) is 5.92 Å². The molecule has 6 heteroatoms. The standard InChI is InChI=1S/C17H23NO4S/c1-4-14-12-18(10-9-15(14)11-17(19)22-3)23(20,21)16-7-5-13(2)6-8-16/h4-8,15H,9-12H2,1-3H3/b14-4+. The van der Waals surface area contributed by atoms with Crippen LogP contribution < -0.4 is 0 Å². The van der Waals surface area contributed by atoms with E-state index >= 15 is 0 Å². The van der Waals surface area contributed by atoms with Crippen LogP contribution in [0.25, 0.3) is 0 Å². The van der Waals surface area contributed by atoms with Gasteiger partial charge < -0.3 is 4.74 Å². The predicted molar refractivity (Wildman–Crippen MR) is 88.4 cm³/mol. The van der Waals surface area contributed by atoms with Gasteiger partial charge in [-0.15, -0.1) is 0 Å². The Morgan fingerprint density at radius 2 is 2.00 bits per heavy atom. The predicted octanol–water partition coefficient (Wildman–Crippen LogP) is 2.52. The molecule has 0 N–H and O–H groups in total. The van der Waals surface area contributed by atoms with Crippen molar-refractivity contribution >= 4 is 16.0 Å². The third-order valence-electron chi connectivity index (χ3n) is 4.28. The second kappa shape index (κ2) is 7.27. The molecule has 1 unspecified atom stereocenters. The minimum Gasteiger partial charge on any atom is -0.469 e. The van der Waals surface area contributed by atoms with Crippen LogP contribution in [0.5, 0.6) is 0 Å². The van der Waals surface area contributed by atoms with E-state index in [0.717, 1.165) is 11.1 Å². The molecule has 1 heterocycles. The average molecular weight is 337 g/mol. The second-order valence-electron chi connectivity index (χ2n) is 5.78. The lowest BCUT2D eigenvalue weighted by molar-refractivity contribution is -0.141. The van der Waals surface area contributed by atoms with Gasteiger partial charge in [-0.05, 0) is 38.3 Å². The number of aryl methyl sites for hydroxylation is 1. The molecule has 1 aliphatic heterocycles. The maximum atomic E-state index is 12.8. The zero-order valence-corrected chi connectivity index (χ0v) is 14.6. The van der Waals surface area contributed by atoms with E-state index < -0.39 is 10.0 Å². The number of piperidine rings is 1. The van der Waals surface area contributed by atoms with Gasteiger partial charge in [-0.1, -0.05) is 29.3 Å². The summed E-state index contributed by atoms with van der Waals surface area (Å²) in [5.41, 5.74) is 1.99. The molecule has 23 heavy (non-hydrogen) atoms. The molecule has 0 aromatic heterocycles. The van der Waals surface area contributed by atoms with Crippen LogP contribution in [0.3, 0.4) is 0 Å². The summed E-state index contributed by atoms with van der Waals surface area (Å²) < 4.78 is 31.7. The van der Waals surface area contributed by atoms with E-state index in [4.69, 9.17) is 4.74 Å². The third kappa shape index (κ3) is 4.00. The van der Waals surface area contributed by atoms with Gasteiger partial charge in [0.2, 0.25) is 10.0 Å². The van der Waals surface area contributed by atoms with E-state index in [-0.39, 0.29) is 11.9 Å². The van der Waals surface area contributed by atoms with Gasteiger partial charge in [0, 0.05) is 13.1 Å². The highest BCUT2D eigenvalue weighted by Crippen LogP contribution is 2.30. The van der Waals surface area contributed by atoms with Crippen molar-refractivity contribution in [1.29, 1.82) is 0 Å². The maximum Gasteiger partial charge on any atom is 0.306 e. The Morgan fingerprint density at radius 1 is 1.35 bits per heavy atom. The Kier molecular flexibility index (Phi) is 5.59. The van der Waals surface area contributed by atoms with Crippen LogP contribution in [0.15, 0.2) is 40.8 Å². The molecule has 126 valence electrons. The summed E-state index contributed by atoms with van der Waals surface area (Å²) in [4.78, 5) is 11.8. The number of carbonyl (C=O) groups is 1. The van der Waals surface area contributed by atoms with Crippen molar-refractivity contribution < 1.29 is 17.9 Å². The van der Waals surface area contributed by atoms with Gasteiger partial charge in [0.1, 0.15) is 0 Å². The number of hydrogen-bond donors (Lipinski definition) is 0. The summed E-state index contributed by atoms with van der Waals surface area (Å²) in [5, 5.41) is 0. The Labute approximate surface area is 138 Å². The zero-order chi connectivity index (χ0) is 17.0. The van der Waals surface area contributed by atoms with Crippen LogP contribution in [0.4, 0.5) is 0 Å². The smallest absolute Gasteiger partial charge is 0.306 e. The molecule has 1 saturated heterocycles. The van der Waals surface area contributed by atoms with Gasteiger partial charge in [-0.2, -0.15) is 4.31 Å². The Hall–Kier alpha value is -1.66. The first-order chi connectivity index (χ1) is 10.9. The van der Waals surface area contributed by atoms with Crippen molar-refractivity contribution in [3.8, 4) is 0 Å². The summed E-state index contributed by atoms with van der Waals surface area (Å²) in [6.07, 6.45) is 2.83. The van der Waals surface area contributed by atoms with Crippen molar-refractivity contribution in [1.82, 2.24) is 4.31 Å². The van der Waals surface area contributed by atoms with E-state index in [2.05, 4.69) is 0 Å². The molecule has 5 nitrogen and oxygen atoms in total. The summed E-state index contributed by atoms with van der Waals surface area (Å²) in [5.74, 6) is -0.207. The average Bonchev–Trinajstić information content (AvgIpc) is 2.55. The van der Waals surface area contributed by atoms with Gasteiger partial charge >= 0.3 is 5.97 Å². The van der Waals surface area contributed by atoms with Crippen molar-refractivity contribution in [3.63, 3.8) is 0 Å². The molecule has 0 saturated carbocycles. The highest BCUT2D eigenvalue weighted by molar-refractivity contribution is 7.89. The van der Waals surface area contributed by atoms with Crippen molar-refractivity contribution in [2.45, 2.75) is 31.6 Å². The third-order valence-corrected chi connectivity index (χ3v) is 6.14. The van der Waals surface area contributed by atoms with E-state index in [0.29, 0.717) is 30.8 Å². The van der Waals surface area contributed by atoms with Gasteiger partial charge in [-0.25, -0.2) is 8.42 Å². The van der Waals surface area contributed by atoms with E-state index in [1.54, 1.807) is 24.3 Å². The normalized spacial score (nSPS) is 21.3. The molecule has 0 spiro atoms. The Bertz CT molecular complexity index is 692. The molecule has 1 fully saturated rings. The molecule has 1 atom stereocenters. The lowest BCUT2D eigenvalue weighted by atomic mass is 9.89. The molecular weight excluding hydrogens is 314 g/mol. The minimum absolute atomic E-state index is 0.0527. The number of carbonyl (C=O) groups excluding carboxylic acids is 1. The topological polar surface area (TPSA) is 63.7 Å². The molecule has 2 rings (SSSR count). The number of benzene rings is 1. The number of rotatable bonds is 4. The molecule has 1 aliphatic rings. The number of allylic oxidation sites excluding steroid dienone is 1. The Morgan fingerprint density at radius 3 is 2.57 bits per heavy atom. The number of ether oxygens (including phenoxy) is 1. The highest BCUT2D eigenvalue weighted by atomic mass is 32.2. The monoisotopic (exact) mass is 337 g/mol. The minimum atomic E-state index is -3.50. The lowest BCUT2D eigenvalue weighted by Crippen LogP contribution is -2.40. The van der Waals surface area contributed by atoms with Gasteiger partial charge in [0.25, 0.3) is 0 Å². The van der Waals surface area contributed by atoms with Crippen LogP contribution in [-0.2, 0) is 19.6 Å². The SMILES string of the molecule is C/C=C1\CN(S(=O)(=O)c2ccc(C)cc2)CCC1CC(=O)OC. The number of nitrogens with zero attached hydrogens (tertiary/aromatic N) is 1. The van der Waals surface area contributed by atoms with Gasteiger partial charge in [0.05, 0.1) is 18.4 Å². The van der Waals surface area contributed by atoms with E-state index in [1.807, 2.05) is 19.9 Å². The van der Waals surface area contributed by atoms with Crippen LogP contribution in [-0.4, -0.2) is 38.9 Å². The molecule has 0 amide bonds. The largest absolute Gasteiger partial charge is 0.469 e. The molecule has 0 bridgehead atoms. The first-order valence-electron chi connectivity index (χ1n) is 7.67. The first-order valence-corrected chi connectivity index (χ1v) is 9.11. The van der Waals surface area contributed by atoms with Crippen molar-refractivity contribution in [3.05, 3.63) is 41.5 Å². The number of esters is 1.